The SMILES string of the molecule is FC(F)(F)c1ccc(NCc2cc3oc(-c4nnn[nH]4)cc3cc2I)cc1C(F)(F)F. The van der Waals surface area contributed by atoms with Gasteiger partial charge in [-0.15, -0.1) is 5.10 Å². The minimum absolute atomic E-state index is 0.0662. The number of benzene rings is 2. The summed E-state index contributed by atoms with van der Waals surface area (Å²) < 4.78 is 84.6. The number of H-pyrrole nitrogens is 1. The highest BCUT2D eigenvalue weighted by Crippen LogP contribution is 2.41. The topological polar surface area (TPSA) is 79.6 Å². The highest BCUT2D eigenvalue weighted by atomic mass is 127. The number of aromatic amines is 1. The predicted octanol–water partition coefficient (Wildman–Crippen LogP) is 5.87. The molecule has 31 heavy (non-hydrogen) atoms. The second-order valence-corrected chi connectivity index (χ2v) is 7.61. The Morgan fingerprint density at radius 3 is 2.35 bits per heavy atom. The van der Waals surface area contributed by atoms with Gasteiger partial charge in [-0.1, -0.05) is 0 Å². The molecule has 4 aromatic rings. The fourth-order valence-corrected chi connectivity index (χ4v) is 3.63. The summed E-state index contributed by atoms with van der Waals surface area (Å²) in [5.74, 6) is 0.730. The Morgan fingerprint density at radius 1 is 0.968 bits per heavy atom. The van der Waals surface area contributed by atoms with Crippen molar-refractivity contribution in [3.63, 3.8) is 0 Å². The van der Waals surface area contributed by atoms with E-state index in [1.807, 2.05) is 0 Å². The number of rotatable bonds is 4. The van der Waals surface area contributed by atoms with Crippen LogP contribution in [0.4, 0.5) is 32.0 Å². The van der Waals surface area contributed by atoms with Crippen molar-refractivity contribution in [3.8, 4) is 11.6 Å². The van der Waals surface area contributed by atoms with Crippen LogP contribution in [0.3, 0.4) is 0 Å². The summed E-state index contributed by atoms with van der Waals surface area (Å²) in [5, 5.41) is 16.8. The van der Waals surface area contributed by atoms with E-state index in [2.05, 4.69) is 48.5 Å². The Morgan fingerprint density at radius 2 is 1.71 bits per heavy atom. The van der Waals surface area contributed by atoms with Gasteiger partial charge in [0.2, 0.25) is 5.82 Å². The largest absolute Gasteiger partial charge is 0.453 e. The number of furan rings is 1. The molecule has 4 rings (SSSR count). The zero-order chi connectivity index (χ0) is 22.4. The van der Waals surface area contributed by atoms with Crippen molar-refractivity contribution in [3.05, 3.63) is 56.7 Å². The molecule has 0 atom stereocenters. The van der Waals surface area contributed by atoms with Crippen molar-refractivity contribution in [2.24, 2.45) is 0 Å². The molecule has 0 aliphatic carbocycles. The van der Waals surface area contributed by atoms with Crippen molar-refractivity contribution in [2.75, 3.05) is 5.32 Å². The summed E-state index contributed by atoms with van der Waals surface area (Å²) in [6.07, 6.45) is -10.3. The van der Waals surface area contributed by atoms with Crippen molar-refractivity contribution < 1.29 is 30.8 Å². The molecule has 0 radical (unpaired) electrons. The molecule has 0 unspecified atom stereocenters. The Bertz CT molecular complexity index is 1230. The number of halogens is 7. The maximum absolute atomic E-state index is 13.1. The molecule has 2 N–H and O–H groups in total. The van der Waals surface area contributed by atoms with Crippen molar-refractivity contribution in [2.45, 2.75) is 18.9 Å². The maximum atomic E-state index is 13.1. The normalized spacial score (nSPS) is 12.5. The van der Waals surface area contributed by atoms with E-state index < -0.39 is 23.5 Å². The third kappa shape index (κ3) is 4.45. The van der Waals surface area contributed by atoms with Gasteiger partial charge in [0.05, 0.1) is 11.1 Å². The molecule has 2 aromatic heterocycles. The van der Waals surface area contributed by atoms with Gasteiger partial charge < -0.3 is 9.73 Å². The molecule has 0 saturated heterocycles. The smallest absolute Gasteiger partial charge is 0.417 e. The number of nitrogens with one attached hydrogen (secondary N) is 2. The van der Waals surface area contributed by atoms with Gasteiger partial charge in [-0.05, 0) is 75.0 Å². The maximum Gasteiger partial charge on any atom is 0.417 e. The van der Waals surface area contributed by atoms with Crippen LogP contribution in [-0.2, 0) is 18.9 Å². The fourth-order valence-electron chi connectivity index (χ4n) is 2.95. The number of hydrogen-bond acceptors (Lipinski definition) is 5. The van der Waals surface area contributed by atoms with Gasteiger partial charge in [0.1, 0.15) is 5.58 Å². The molecule has 0 spiro atoms. The first-order chi connectivity index (χ1) is 14.5. The molecule has 0 aliphatic heterocycles. The summed E-state index contributed by atoms with van der Waals surface area (Å²) >= 11 is 2.05. The van der Waals surface area contributed by atoms with Crippen LogP contribution >= 0.6 is 22.6 Å². The van der Waals surface area contributed by atoms with E-state index in [1.54, 1.807) is 18.2 Å². The third-order valence-corrected chi connectivity index (χ3v) is 5.38. The first kappa shape index (κ1) is 21.4. The summed E-state index contributed by atoms with van der Waals surface area (Å²) in [5.41, 5.74) is -2.40. The van der Waals surface area contributed by atoms with Gasteiger partial charge in [-0.3, -0.25) is 0 Å². The number of fused-ring (bicyclic) bond motifs is 1. The zero-order valence-corrected chi connectivity index (χ0v) is 17.2. The second kappa shape index (κ2) is 7.69. The van der Waals surface area contributed by atoms with Crippen molar-refractivity contribution in [1.29, 1.82) is 0 Å². The van der Waals surface area contributed by atoms with E-state index in [-0.39, 0.29) is 12.2 Å². The predicted molar refractivity (Wildman–Crippen MR) is 106 cm³/mol. The van der Waals surface area contributed by atoms with Gasteiger partial charge in [0.25, 0.3) is 0 Å². The monoisotopic (exact) mass is 553 g/mol. The van der Waals surface area contributed by atoms with E-state index in [1.165, 1.54) is 0 Å². The highest BCUT2D eigenvalue weighted by Gasteiger charge is 2.43. The number of alkyl halides is 6. The van der Waals surface area contributed by atoms with Gasteiger partial charge >= 0.3 is 12.4 Å². The number of tetrazole rings is 1. The van der Waals surface area contributed by atoms with Crippen molar-refractivity contribution in [1.82, 2.24) is 20.6 Å². The average Bonchev–Trinajstić information content (AvgIpc) is 3.33. The molecule has 13 heteroatoms. The van der Waals surface area contributed by atoms with Crippen LogP contribution in [0.5, 0.6) is 0 Å². The standard InChI is InChI=1S/C18H10F6IN5O/c19-17(20,21)11-2-1-10(6-12(11)18(22,23)24)26-7-9-5-14-8(3-13(9)25)4-15(31-14)16-27-29-30-28-16/h1-6,26H,7H2,(H,27,28,29,30). The minimum Gasteiger partial charge on any atom is -0.453 e. The van der Waals surface area contributed by atoms with Crippen LogP contribution in [-0.4, -0.2) is 20.6 Å². The van der Waals surface area contributed by atoms with Crippen LogP contribution in [0.2, 0.25) is 0 Å². The van der Waals surface area contributed by atoms with Crippen LogP contribution in [0.15, 0.2) is 40.8 Å². The molecule has 0 bridgehead atoms. The number of nitrogens with zero attached hydrogens (tertiary/aromatic N) is 3. The van der Waals surface area contributed by atoms with E-state index in [9.17, 15) is 26.3 Å². The van der Waals surface area contributed by atoms with Crippen LogP contribution in [0.25, 0.3) is 22.6 Å². The minimum atomic E-state index is -5.14. The molecular weight excluding hydrogens is 543 g/mol. The van der Waals surface area contributed by atoms with Crippen LogP contribution < -0.4 is 5.32 Å². The Balaban J connectivity index is 1.61. The van der Waals surface area contributed by atoms with Gasteiger partial charge in [-0.25, -0.2) is 5.10 Å². The van der Waals surface area contributed by atoms with Crippen LogP contribution in [0, 0.1) is 3.57 Å². The molecule has 0 aliphatic rings. The summed E-state index contributed by atoms with van der Waals surface area (Å²) in [7, 11) is 0. The van der Waals surface area contributed by atoms with E-state index >= 15 is 0 Å². The summed E-state index contributed by atoms with van der Waals surface area (Å²) in [6.45, 7) is 0.0662. The van der Waals surface area contributed by atoms with E-state index in [0.717, 1.165) is 15.0 Å². The summed E-state index contributed by atoms with van der Waals surface area (Å²) in [6, 6.07) is 7.05. The molecule has 0 amide bonds. The van der Waals surface area contributed by atoms with Crippen molar-refractivity contribution >= 4 is 39.2 Å². The summed E-state index contributed by atoms with van der Waals surface area (Å²) in [4.78, 5) is 0. The molecular formula is C18H10F6IN5O. The second-order valence-electron chi connectivity index (χ2n) is 6.45. The Kier molecular flexibility index (Phi) is 5.31. The highest BCUT2D eigenvalue weighted by molar-refractivity contribution is 14.1. The van der Waals surface area contributed by atoms with Crippen LogP contribution in [0.1, 0.15) is 16.7 Å². The van der Waals surface area contributed by atoms with Gasteiger partial charge in [0.15, 0.2) is 5.76 Å². The lowest BCUT2D eigenvalue weighted by atomic mass is 10.1. The quantitative estimate of drug-likeness (QED) is 0.244. The van der Waals surface area contributed by atoms with Gasteiger partial charge in [0, 0.05) is 21.2 Å². The third-order valence-electron chi connectivity index (χ3n) is 4.38. The Labute approximate surface area is 183 Å². The first-order valence-electron chi connectivity index (χ1n) is 8.51. The molecule has 162 valence electrons. The lowest BCUT2D eigenvalue weighted by molar-refractivity contribution is -0.162. The Hall–Kier alpha value is -2.84. The first-order valence-corrected chi connectivity index (χ1v) is 9.58. The lowest BCUT2D eigenvalue weighted by Crippen LogP contribution is -2.17. The molecule has 2 heterocycles. The molecule has 0 fully saturated rings. The number of anilines is 1. The average molecular weight is 553 g/mol. The fraction of sp³-hybridized carbons (Fsp3) is 0.167. The van der Waals surface area contributed by atoms with E-state index in [0.29, 0.717) is 34.9 Å². The van der Waals surface area contributed by atoms with E-state index in [4.69, 9.17) is 4.42 Å². The number of hydrogen-bond donors (Lipinski definition) is 2. The molecule has 6 nitrogen and oxygen atoms in total. The lowest BCUT2D eigenvalue weighted by Gasteiger charge is -2.17. The van der Waals surface area contributed by atoms with Gasteiger partial charge in [-0.2, -0.15) is 26.3 Å². The molecule has 0 saturated carbocycles. The number of aromatic nitrogens is 4. The molecule has 2 aromatic carbocycles. The zero-order valence-electron chi connectivity index (χ0n) is 15.1.